The Bertz CT molecular complexity index is 929. The van der Waals surface area contributed by atoms with E-state index >= 15 is 0 Å². The molecule has 0 amide bonds. The second-order valence-corrected chi connectivity index (χ2v) is 18.2. The van der Waals surface area contributed by atoms with Crippen molar-refractivity contribution in [2.24, 2.45) is 0 Å². The molecule has 0 bridgehead atoms. The number of likely N-dealkylation sites (N-methyl/N-ethyl adjacent to an activating group) is 1. The number of aliphatic hydroxyl groups is 2. The molecule has 0 heterocycles. The average Bonchev–Trinajstić information content (AvgIpc) is 3.13. The summed E-state index contributed by atoms with van der Waals surface area (Å²) < 4.78 is 34.9. The molecule has 0 saturated heterocycles. The Kier molecular flexibility index (Phi) is 36.9. The minimum absolute atomic E-state index is 0.0697. The van der Waals surface area contributed by atoms with E-state index in [-0.39, 0.29) is 32.2 Å². The summed E-state index contributed by atoms with van der Waals surface area (Å²) in [6, 6.07) is 0. The van der Waals surface area contributed by atoms with Gasteiger partial charge in [-0.25, -0.2) is 4.57 Å². The van der Waals surface area contributed by atoms with Crippen molar-refractivity contribution in [3.05, 3.63) is 12.2 Å². The molecule has 0 saturated carbocycles. The third-order valence-electron chi connectivity index (χ3n) is 10.0. The number of phosphoric ester groups is 1. The number of nitrogens with zero attached hydrogens (tertiary/aromatic N) is 1. The molecule has 0 aliphatic rings. The lowest BCUT2D eigenvalue weighted by Crippen LogP contribution is -2.37. The molecular weight excluding hydrogens is 717 g/mol. The quantitative estimate of drug-likeness (QED) is 0.0181. The van der Waals surface area contributed by atoms with Crippen LogP contribution in [0.2, 0.25) is 0 Å². The summed E-state index contributed by atoms with van der Waals surface area (Å²) in [5, 5.41) is 20.1. The Balaban J connectivity index is 4.29. The number of quaternary nitrogens is 1. The van der Waals surface area contributed by atoms with Crippen LogP contribution in [0, 0.1) is 0 Å². The second kappa shape index (κ2) is 37.4. The van der Waals surface area contributed by atoms with Gasteiger partial charge in [0.05, 0.1) is 46.6 Å². The molecule has 11 heteroatoms. The maximum Gasteiger partial charge on any atom is 0.472 e. The summed E-state index contributed by atoms with van der Waals surface area (Å²) in [6.07, 6.45) is 32.9. The third-order valence-corrected chi connectivity index (χ3v) is 11.0. The lowest BCUT2D eigenvalue weighted by Gasteiger charge is -2.24. The van der Waals surface area contributed by atoms with E-state index in [9.17, 15) is 24.5 Å². The maximum atomic E-state index is 12.7. The van der Waals surface area contributed by atoms with Gasteiger partial charge in [-0.1, -0.05) is 161 Å². The molecule has 0 fully saturated rings. The molecule has 0 aromatic rings. The number of phosphoric acid groups is 1. The highest BCUT2D eigenvalue weighted by Gasteiger charge is 2.26. The van der Waals surface area contributed by atoms with Crippen molar-refractivity contribution in [2.75, 3.05) is 54.1 Å². The molecule has 4 atom stereocenters. The summed E-state index contributed by atoms with van der Waals surface area (Å²) in [5.74, 6) is -0.364. The van der Waals surface area contributed by atoms with Crippen LogP contribution in [0.4, 0.5) is 0 Å². The molecule has 0 aromatic heterocycles. The Hall–Kier alpha value is -0.840. The molecule has 0 aliphatic carbocycles. The van der Waals surface area contributed by atoms with Crippen LogP contribution in [0.5, 0.6) is 0 Å². The fraction of sp³-hybridized carbons (Fsp3) is 0.932. The van der Waals surface area contributed by atoms with E-state index in [2.05, 4.69) is 19.9 Å². The van der Waals surface area contributed by atoms with Crippen LogP contribution in [0.15, 0.2) is 12.2 Å². The van der Waals surface area contributed by atoms with Crippen LogP contribution in [0.3, 0.4) is 0 Å². The number of allylic oxidation sites excluding steroid dienone is 1. The van der Waals surface area contributed by atoms with Gasteiger partial charge >= 0.3 is 13.8 Å². The molecule has 10 nitrogen and oxygen atoms in total. The Morgan fingerprint density at radius 1 is 0.618 bits per heavy atom. The number of ether oxygens (including phenoxy) is 2. The van der Waals surface area contributed by atoms with E-state index in [4.69, 9.17) is 18.5 Å². The third kappa shape index (κ3) is 39.8. The number of carbonyl (C=O) groups excluding carboxylic acids is 1. The lowest BCUT2D eigenvalue weighted by molar-refractivity contribution is -0.870. The number of hydrogen-bond acceptors (Lipinski definition) is 8. The molecule has 0 radical (unpaired) electrons. The largest absolute Gasteiger partial charge is 0.472 e. The zero-order valence-corrected chi connectivity index (χ0v) is 37.3. The van der Waals surface area contributed by atoms with Crippen LogP contribution < -0.4 is 0 Å². The van der Waals surface area contributed by atoms with Crippen molar-refractivity contribution in [1.29, 1.82) is 0 Å². The summed E-state index contributed by atoms with van der Waals surface area (Å²) in [4.78, 5) is 22.9. The second-order valence-electron chi connectivity index (χ2n) is 16.7. The van der Waals surface area contributed by atoms with Gasteiger partial charge in [-0.2, -0.15) is 0 Å². The van der Waals surface area contributed by atoms with E-state index in [0.717, 1.165) is 64.2 Å². The molecule has 0 spiro atoms. The topological polar surface area (TPSA) is 132 Å². The van der Waals surface area contributed by atoms with Crippen molar-refractivity contribution < 1.29 is 47.5 Å². The minimum atomic E-state index is -4.30. The lowest BCUT2D eigenvalue weighted by atomic mass is 10.0. The fourth-order valence-electron chi connectivity index (χ4n) is 6.34. The number of carbonyl (C=O) groups is 1. The monoisotopic (exact) mass is 807 g/mol. The summed E-state index contributed by atoms with van der Waals surface area (Å²) in [5.41, 5.74) is 0. The van der Waals surface area contributed by atoms with Gasteiger partial charge in [0.2, 0.25) is 0 Å². The van der Waals surface area contributed by atoms with Crippen molar-refractivity contribution in [3.63, 3.8) is 0 Å². The van der Waals surface area contributed by atoms with Crippen LogP contribution in [-0.2, 0) is 27.9 Å². The number of hydrogen-bond donors (Lipinski definition) is 3. The van der Waals surface area contributed by atoms with Gasteiger partial charge in [-0.3, -0.25) is 13.8 Å². The van der Waals surface area contributed by atoms with E-state index < -0.39 is 26.1 Å². The SMILES string of the molecule is CCCCCCCCCCCCCCCCCCOCC(COP(=O)(O)OCC[N+](C)(C)C)OC(=O)CCCCCCC/C=C\CC(O)C(O)CCCCC. The van der Waals surface area contributed by atoms with Crippen molar-refractivity contribution in [2.45, 2.75) is 212 Å². The smallest absolute Gasteiger partial charge is 0.457 e. The highest BCUT2D eigenvalue weighted by molar-refractivity contribution is 7.47. The van der Waals surface area contributed by atoms with Crippen LogP contribution >= 0.6 is 7.82 Å². The molecule has 0 aliphatic heterocycles. The summed E-state index contributed by atoms with van der Waals surface area (Å²) in [6.45, 7) is 5.38. The van der Waals surface area contributed by atoms with E-state index in [1.165, 1.54) is 89.9 Å². The van der Waals surface area contributed by atoms with Gasteiger partial charge < -0.3 is 29.1 Å². The van der Waals surface area contributed by atoms with Gasteiger partial charge in [0, 0.05) is 13.0 Å². The van der Waals surface area contributed by atoms with E-state index in [1.54, 1.807) is 0 Å². The normalized spacial score (nSPS) is 15.0. The first-order valence-corrected chi connectivity index (χ1v) is 24.1. The average molecular weight is 807 g/mol. The zero-order chi connectivity index (χ0) is 40.9. The first kappa shape index (κ1) is 54.2. The fourth-order valence-corrected chi connectivity index (χ4v) is 7.08. The van der Waals surface area contributed by atoms with Gasteiger partial charge in [0.1, 0.15) is 19.3 Å². The standard InChI is InChI=1S/C44H88NO9P/c1-6-8-10-11-12-13-14-15-16-17-18-19-22-25-28-32-37-51-39-41(40-53-55(49,50)52-38-36-45(3,4)5)54-44(48)35-31-27-24-21-20-23-26-30-34-43(47)42(46)33-29-9-7-2/h26,30,41-43,46-47H,6-25,27-29,31-40H2,1-5H3/p+1/b30-26-. The Labute approximate surface area is 338 Å². The molecule has 0 rings (SSSR count). The van der Waals surface area contributed by atoms with Gasteiger partial charge in [-0.15, -0.1) is 0 Å². The number of unbranched alkanes of at least 4 members (excludes halogenated alkanes) is 22. The predicted octanol–water partition coefficient (Wildman–Crippen LogP) is 11.0. The van der Waals surface area contributed by atoms with Crippen molar-refractivity contribution >= 4 is 13.8 Å². The number of rotatable bonds is 42. The zero-order valence-electron chi connectivity index (χ0n) is 36.4. The van der Waals surface area contributed by atoms with E-state index in [1.807, 2.05) is 27.2 Å². The van der Waals surface area contributed by atoms with E-state index in [0.29, 0.717) is 36.9 Å². The van der Waals surface area contributed by atoms with Gasteiger partial charge in [0.25, 0.3) is 0 Å². The summed E-state index contributed by atoms with van der Waals surface area (Å²) >= 11 is 0. The Morgan fingerprint density at radius 3 is 1.69 bits per heavy atom. The molecule has 0 aromatic carbocycles. The van der Waals surface area contributed by atoms with Crippen LogP contribution in [0.1, 0.15) is 194 Å². The molecular formula is C44H89NO9P+. The maximum absolute atomic E-state index is 12.7. The first-order valence-electron chi connectivity index (χ1n) is 22.6. The summed E-state index contributed by atoms with van der Waals surface area (Å²) in [7, 11) is 1.60. The van der Waals surface area contributed by atoms with Gasteiger partial charge in [0.15, 0.2) is 0 Å². The first-order chi connectivity index (χ1) is 26.4. The highest BCUT2D eigenvalue weighted by Crippen LogP contribution is 2.43. The molecule has 4 unspecified atom stereocenters. The van der Waals surface area contributed by atoms with Crippen LogP contribution in [0.25, 0.3) is 0 Å². The number of aliphatic hydroxyl groups excluding tert-OH is 2. The van der Waals surface area contributed by atoms with Gasteiger partial charge in [-0.05, 0) is 38.5 Å². The Morgan fingerprint density at radius 2 is 1.13 bits per heavy atom. The van der Waals surface area contributed by atoms with Crippen molar-refractivity contribution in [3.8, 4) is 0 Å². The molecule has 3 N–H and O–H groups in total. The minimum Gasteiger partial charge on any atom is -0.457 e. The molecule has 55 heavy (non-hydrogen) atoms. The highest BCUT2D eigenvalue weighted by atomic mass is 31.2. The number of esters is 1. The molecule has 328 valence electrons. The predicted molar refractivity (Wildman–Crippen MR) is 227 cm³/mol. The van der Waals surface area contributed by atoms with Crippen LogP contribution in [-0.4, -0.2) is 98.0 Å². The van der Waals surface area contributed by atoms with Crippen molar-refractivity contribution in [1.82, 2.24) is 0 Å².